The van der Waals surface area contributed by atoms with Crippen molar-refractivity contribution in [3.8, 4) is 11.1 Å². The number of ether oxygens (including phenoxy) is 2. The van der Waals surface area contributed by atoms with Gasteiger partial charge in [0.05, 0.1) is 7.11 Å². The van der Waals surface area contributed by atoms with E-state index >= 15 is 0 Å². The predicted molar refractivity (Wildman–Crippen MR) is 131 cm³/mol. The number of allylic oxidation sites excluding steroid dienone is 2. The normalized spacial score (nSPS) is 13.4. The third-order valence-corrected chi connectivity index (χ3v) is 6.13. The molecule has 0 fully saturated rings. The molecular formula is C28H35NO4. The zero-order valence-electron chi connectivity index (χ0n) is 19.7. The number of carbonyl (C=O) groups excluding carboxylic acids is 2. The van der Waals surface area contributed by atoms with Gasteiger partial charge in [-0.25, -0.2) is 9.59 Å². The molecule has 1 N–H and O–H groups in total. The molecule has 0 radical (unpaired) electrons. The van der Waals surface area contributed by atoms with Gasteiger partial charge in [0.25, 0.3) is 0 Å². The summed E-state index contributed by atoms with van der Waals surface area (Å²) in [6.45, 7) is 2.41. The van der Waals surface area contributed by atoms with Crippen LogP contribution in [0.3, 0.4) is 0 Å². The lowest BCUT2D eigenvalue weighted by molar-refractivity contribution is -0.143. The van der Waals surface area contributed by atoms with E-state index in [2.05, 4.69) is 48.7 Å². The summed E-state index contributed by atoms with van der Waals surface area (Å²) >= 11 is 0. The summed E-state index contributed by atoms with van der Waals surface area (Å²) in [6, 6.07) is 15.7. The van der Waals surface area contributed by atoms with Crippen molar-refractivity contribution in [3.63, 3.8) is 0 Å². The lowest BCUT2D eigenvalue weighted by Crippen LogP contribution is -2.42. The minimum Gasteiger partial charge on any atom is -0.467 e. The lowest BCUT2D eigenvalue weighted by Gasteiger charge is -2.18. The highest BCUT2D eigenvalue weighted by Crippen LogP contribution is 2.44. The van der Waals surface area contributed by atoms with Gasteiger partial charge in [0.15, 0.2) is 0 Å². The van der Waals surface area contributed by atoms with Crippen LogP contribution in [0.4, 0.5) is 4.79 Å². The molecule has 0 spiro atoms. The van der Waals surface area contributed by atoms with E-state index in [0.29, 0.717) is 12.8 Å². The molecule has 2 aromatic carbocycles. The number of hydrogen-bond acceptors (Lipinski definition) is 4. The highest BCUT2D eigenvalue weighted by molar-refractivity contribution is 5.82. The smallest absolute Gasteiger partial charge is 0.407 e. The molecule has 5 nitrogen and oxygen atoms in total. The van der Waals surface area contributed by atoms with Crippen LogP contribution in [0.1, 0.15) is 68.9 Å². The second-order valence-corrected chi connectivity index (χ2v) is 8.44. The molecule has 33 heavy (non-hydrogen) atoms. The fourth-order valence-corrected chi connectivity index (χ4v) is 4.36. The Labute approximate surface area is 197 Å². The van der Waals surface area contributed by atoms with Crippen molar-refractivity contribution in [2.24, 2.45) is 0 Å². The number of benzene rings is 2. The highest BCUT2D eigenvalue weighted by atomic mass is 16.6. The summed E-state index contributed by atoms with van der Waals surface area (Å²) < 4.78 is 10.4. The second kappa shape index (κ2) is 12.8. The van der Waals surface area contributed by atoms with Crippen molar-refractivity contribution in [1.29, 1.82) is 0 Å². The van der Waals surface area contributed by atoms with Gasteiger partial charge < -0.3 is 14.8 Å². The number of esters is 1. The fourth-order valence-electron chi connectivity index (χ4n) is 4.36. The van der Waals surface area contributed by atoms with Crippen LogP contribution >= 0.6 is 0 Å². The van der Waals surface area contributed by atoms with E-state index in [1.165, 1.54) is 43.9 Å². The van der Waals surface area contributed by atoms with Crippen LogP contribution in [0.15, 0.2) is 60.7 Å². The minimum absolute atomic E-state index is 0.0182. The maximum absolute atomic E-state index is 12.5. The maximum atomic E-state index is 12.5. The van der Waals surface area contributed by atoms with Crippen LogP contribution in [0.2, 0.25) is 0 Å². The highest BCUT2D eigenvalue weighted by Gasteiger charge is 2.29. The Morgan fingerprint density at radius 3 is 2.21 bits per heavy atom. The first kappa shape index (κ1) is 24.6. The average Bonchev–Trinajstić information content (AvgIpc) is 3.17. The van der Waals surface area contributed by atoms with Crippen molar-refractivity contribution in [2.45, 2.75) is 63.8 Å². The maximum Gasteiger partial charge on any atom is 0.407 e. The Morgan fingerprint density at radius 1 is 0.939 bits per heavy atom. The van der Waals surface area contributed by atoms with Crippen LogP contribution < -0.4 is 5.32 Å². The number of rotatable bonds is 12. The topological polar surface area (TPSA) is 64.6 Å². The number of fused-ring (bicyclic) bond motifs is 3. The van der Waals surface area contributed by atoms with E-state index in [1.807, 2.05) is 24.3 Å². The van der Waals surface area contributed by atoms with E-state index in [1.54, 1.807) is 0 Å². The molecule has 0 saturated carbocycles. The predicted octanol–water partition coefficient (Wildman–Crippen LogP) is 6.37. The van der Waals surface area contributed by atoms with Crippen molar-refractivity contribution in [2.75, 3.05) is 13.7 Å². The summed E-state index contributed by atoms with van der Waals surface area (Å²) in [5.41, 5.74) is 4.66. The Hall–Kier alpha value is -3.08. The van der Waals surface area contributed by atoms with Crippen molar-refractivity contribution in [1.82, 2.24) is 5.32 Å². The Balaban J connectivity index is 1.51. The van der Waals surface area contributed by atoms with Crippen LogP contribution in [-0.2, 0) is 14.3 Å². The number of hydrogen-bond donors (Lipinski definition) is 1. The minimum atomic E-state index is -0.726. The molecule has 5 heteroatoms. The molecular weight excluding hydrogens is 414 g/mol. The molecule has 176 valence electrons. The van der Waals surface area contributed by atoms with Gasteiger partial charge in [0, 0.05) is 5.92 Å². The van der Waals surface area contributed by atoms with E-state index in [4.69, 9.17) is 9.47 Å². The molecule has 1 aliphatic rings. The number of unbranched alkanes of at least 4 members (excludes halogenated alkanes) is 4. The first-order valence-electron chi connectivity index (χ1n) is 12.0. The van der Waals surface area contributed by atoms with E-state index < -0.39 is 18.1 Å². The summed E-state index contributed by atoms with van der Waals surface area (Å²) in [7, 11) is 1.33. The van der Waals surface area contributed by atoms with Crippen LogP contribution in [0, 0.1) is 0 Å². The summed E-state index contributed by atoms with van der Waals surface area (Å²) in [5, 5.41) is 2.69. The van der Waals surface area contributed by atoms with Crippen LogP contribution in [-0.4, -0.2) is 31.8 Å². The Morgan fingerprint density at radius 2 is 1.58 bits per heavy atom. The molecule has 3 rings (SSSR count). The average molecular weight is 450 g/mol. The molecule has 2 aromatic rings. The standard InChI is InChI=1S/C28H35NO4/c1-3-4-5-6-7-8-9-10-19-26(27(30)32-2)29-28(31)33-20-25-23-17-13-11-15-21(23)22-16-12-14-18-24(22)25/h8-9,11-18,25-26H,3-7,10,19-20H2,1-2H3,(H,29,31)/b9-8+. The van der Waals surface area contributed by atoms with Crippen LogP contribution in [0.5, 0.6) is 0 Å². The molecule has 1 unspecified atom stereocenters. The third-order valence-electron chi connectivity index (χ3n) is 6.13. The van der Waals surface area contributed by atoms with Gasteiger partial charge in [0.2, 0.25) is 0 Å². The molecule has 0 aromatic heterocycles. The van der Waals surface area contributed by atoms with Gasteiger partial charge in [0.1, 0.15) is 12.6 Å². The number of carbonyl (C=O) groups is 2. The van der Waals surface area contributed by atoms with Crippen LogP contribution in [0.25, 0.3) is 11.1 Å². The number of alkyl carbamates (subject to hydrolysis) is 1. The first-order chi connectivity index (χ1) is 16.2. The second-order valence-electron chi connectivity index (χ2n) is 8.44. The van der Waals surface area contributed by atoms with Gasteiger partial charge in [-0.3, -0.25) is 0 Å². The van der Waals surface area contributed by atoms with E-state index in [0.717, 1.165) is 17.5 Å². The van der Waals surface area contributed by atoms with Crippen molar-refractivity contribution >= 4 is 12.1 Å². The van der Waals surface area contributed by atoms with E-state index in [-0.39, 0.29) is 12.5 Å². The van der Waals surface area contributed by atoms with Gasteiger partial charge >= 0.3 is 12.1 Å². The van der Waals surface area contributed by atoms with E-state index in [9.17, 15) is 9.59 Å². The largest absolute Gasteiger partial charge is 0.467 e. The van der Waals surface area contributed by atoms with Crippen molar-refractivity contribution in [3.05, 3.63) is 71.8 Å². The molecule has 0 saturated heterocycles. The lowest BCUT2D eigenvalue weighted by atomic mass is 9.98. The van der Waals surface area contributed by atoms with Crippen molar-refractivity contribution < 1.29 is 19.1 Å². The Bertz CT molecular complexity index is 907. The summed E-state index contributed by atoms with van der Waals surface area (Å²) in [6.07, 6.45) is 10.8. The Kier molecular flexibility index (Phi) is 9.55. The molecule has 1 aliphatic carbocycles. The van der Waals surface area contributed by atoms with Gasteiger partial charge in [-0.2, -0.15) is 0 Å². The monoisotopic (exact) mass is 449 g/mol. The van der Waals surface area contributed by atoms with Gasteiger partial charge in [-0.15, -0.1) is 0 Å². The molecule has 1 amide bonds. The fraction of sp³-hybridized carbons (Fsp3) is 0.429. The zero-order chi connectivity index (χ0) is 23.5. The van der Waals surface area contributed by atoms with Gasteiger partial charge in [-0.05, 0) is 47.9 Å². The first-order valence-corrected chi connectivity index (χ1v) is 12.0. The summed E-state index contributed by atoms with van der Waals surface area (Å²) in [4.78, 5) is 24.7. The molecule has 0 aliphatic heterocycles. The number of nitrogens with one attached hydrogen (secondary N) is 1. The SMILES string of the molecule is CCCCCC/C=C/CCC(NC(=O)OCC1c2ccccc2-c2ccccc21)C(=O)OC. The molecule has 1 atom stereocenters. The molecule has 0 bridgehead atoms. The quantitative estimate of drug-likeness (QED) is 0.232. The van der Waals surface area contributed by atoms with Gasteiger partial charge in [-0.1, -0.05) is 86.9 Å². The summed E-state index contributed by atoms with van der Waals surface area (Å²) in [5.74, 6) is -0.477. The number of amides is 1. The molecule has 0 heterocycles. The zero-order valence-corrected chi connectivity index (χ0v) is 19.7. The number of methoxy groups -OCH3 is 1. The third kappa shape index (κ3) is 6.70.